The maximum absolute atomic E-state index is 10.9. The van der Waals surface area contributed by atoms with E-state index in [-0.39, 0.29) is 11.7 Å². The van der Waals surface area contributed by atoms with E-state index < -0.39 is 36.8 Å². The van der Waals surface area contributed by atoms with E-state index in [1.807, 2.05) is 0 Å². The lowest BCUT2D eigenvalue weighted by Crippen LogP contribution is -2.42. The molecule has 1 rings (SSSR count). The van der Waals surface area contributed by atoms with Gasteiger partial charge >= 0.3 is 0 Å². The van der Waals surface area contributed by atoms with Gasteiger partial charge in [-0.05, 0) is 0 Å². The molecule has 0 amide bonds. The molecule has 1 aromatic heterocycles. The quantitative estimate of drug-likeness (QED) is 0.369. The minimum Gasteiger partial charge on any atom is -0.436 e. The Morgan fingerprint density at radius 3 is 2.39 bits per heavy atom. The van der Waals surface area contributed by atoms with Gasteiger partial charge < -0.3 is 29.9 Å². The summed E-state index contributed by atoms with van der Waals surface area (Å²) < 4.78 is 4.87. The molecule has 0 saturated carbocycles. The van der Waals surface area contributed by atoms with Crippen LogP contribution in [0, 0.1) is 0 Å². The number of Topliss-reactive ketones (excluding diaryl/α,β-unsaturated/α-hetero) is 1. The predicted octanol–water partition coefficient (Wildman–Crippen LogP) is -2.01. The van der Waals surface area contributed by atoms with Crippen LogP contribution < -0.4 is 0 Å². The van der Waals surface area contributed by atoms with E-state index in [2.05, 4.69) is 4.98 Å². The van der Waals surface area contributed by atoms with Crippen molar-refractivity contribution in [2.75, 3.05) is 6.61 Å². The van der Waals surface area contributed by atoms with Crippen LogP contribution in [0.2, 0.25) is 0 Å². The fourth-order valence-corrected chi connectivity index (χ4v) is 1.28. The number of aliphatic hydroxyl groups excluding tert-OH is 5. The first kappa shape index (κ1) is 14.7. The molecule has 4 unspecified atom stereocenters. The summed E-state index contributed by atoms with van der Waals surface area (Å²) in [6.07, 6.45) is -5.81. The van der Waals surface area contributed by atoms with Gasteiger partial charge in [-0.15, -0.1) is 0 Å². The zero-order valence-corrected chi connectivity index (χ0v) is 9.59. The van der Waals surface area contributed by atoms with E-state index in [0.29, 0.717) is 0 Å². The largest absolute Gasteiger partial charge is 0.436 e. The molecule has 1 heterocycles. The second kappa shape index (κ2) is 6.03. The number of nitrogens with zero attached hydrogens (tertiary/aromatic N) is 1. The third-order valence-electron chi connectivity index (χ3n) is 2.37. The average molecular weight is 261 g/mol. The normalized spacial score (nSPS) is 18.1. The summed E-state index contributed by atoms with van der Waals surface area (Å²) in [6, 6.07) is 0. The highest BCUT2D eigenvalue weighted by atomic mass is 16.4. The Kier molecular flexibility index (Phi) is 4.93. The maximum Gasteiger partial charge on any atom is 0.263 e. The Labute approximate surface area is 102 Å². The van der Waals surface area contributed by atoms with Gasteiger partial charge in [-0.1, -0.05) is 0 Å². The fraction of sp³-hybridized carbons (Fsp3) is 0.600. The van der Waals surface area contributed by atoms with Crippen LogP contribution in [0.4, 0.5) is 0 Å². The third kappa shape index (κ3) is 3.12. The van der Waals surface area contributed by atoms with E-state index in [1.165, 1.54) is 6.92 Å². The number of rotatable bonds is 6. The van der Waals surface area contributed by atoms with Crippen molar-refractivity contribution in [3.05, 3.63) is 17.8 Å². The molecule has 8 nitrogen and oxygen atoms in total. The Bertz CT molecular complexity index is 405. The van der Waals surface area contributed by atoms with Crippen molar-refractivity contribution in [2.45, 2.75) is 31.3 Å². The zero-order valence-electron chi connectivity index (χ0n) is 9.59. The van der Waals surface area contributed by atoms with Crippen molar-refractivity contribution in [2.24, 2.45) is 0 Å². The molecule has 5 N–H and O–H groups in total. The van der Waals surface area contributed by atoms with E-state index in [4.69, 9.17) is 14.6 Å². The predicted molar refractivity (Wildman–Crippen MR) is 56.6 cm³/mol. The number of oxazole rings is 1. The third-order valence-corrected chi connectivity index (χ3v) is 2.37. The molecule has 4 atom stereocenters. The van der Waals surface area contributed by atoms with Crippen molar-refractivity contribution in [1.29, 1.82) is 0 Å². The van der Waals surface area contributed by atoms with Crippen molar-refractivity contribution in [3.63, 3.8) is 0 Å². The number of aliphatic hydroxyl groups is 5. The van der Waals surface area contributed by atoms with Gasteiger partial charge in [0.1, 0.15) is 24.4 Å². The summed E-state index contributed by atoms with van der Waals surface area (Å²) in [5, 5.41) is 46.3. The van der Waals surface area contributed by atoms with E-state index in [0.717, 1.165) is 6.20 Å². The van der Waals surface area contributed by atoms with Crippen LogP contribution >= 0.6 is 0 Å². The topological polar surface area (TPSA) is 144 Å². The Morgan fingerprint density at radius 1 is 1.33 bits per heavy atom. The highest BCUT2D eigenvalue weighted by molar-refractivity contribution is 5.89. The molecule has 18 heavy (non-hydrogen) atoms. The number of aromatic nitrogens is 1. The van der Waals surface area contributed by atoms with Crippen LogP contribution in [0.5, 0.6) is 0 Å². The summed E-state index contributed by atoms with van der Waals surface area (Å²) in [4.78, 5) is 14.5. The van der Waals surface area contributed by atoms with Crippen LogP contribution in [0.1, 0.15) is 29.5 Å². The van der Waals surface area contributed by atoms with Crippen molar-refractivity contribution in [3.8, 4) is 0 Å². The van der Waals surface area contributed by atoms with Crippen molar-refractivity contribution in [1.82, 2.24) is 4.98 Å². The van der Waals surface area contributed by atoms with Gasteiger partial charge in [0.2, 0.25) is 5.78 Å². The van der Waals surface area contributed by atoms with Gasteiger partial charge in [0, 0.05) is 6.92 Å². The second-order valence-electron chi connectivity index (χ2n) is 3.80. The number of carbonyl (C=O) groups is 1. The standard InChI is InChI=1S/C10H15NO7/c1-4(13)10-11-2-6(18-10)8(16)9(17)7(15)5(14)3-12/h2,5,7-9,12,14-17H,3H2,1H3. The van der Waals surface area contributed by atoms with Gasteiger partial charge in [-0.25, -0.2) is 4.98 Å². The Balaban J connectivity index is 2.79. The van der Waals surface area contributed by atoms with Gasteiger partial charge in [0.05, 0.1) is 12.8 Å². The second-order valence-corrected chi connectivity index (χ2v) is 3.80. The molecular formula is C10H15NO7. The van der Waals surface area contributed by atoms with Crippen molar-refractivity contribution >= 4 is 5.78 Å². The summed E-state index contributed by atoms with van der Waals surface area (Å²) in [7, 11) is 0. The smallest absolute Gasteiger partial charge is 0.263 e. The highest BCUT2D eigenvalue weighted by Gasteiger charge is 2.33. The Morgan fingerprint density at radius 2 is 1.94 bits per heavy atom. The summed E-state index contributed by atoms with van der Waals surface area (Å²) in [5.74, 6) is -0.927. The summed E-state index contributed by atoms with van der Waals surface area (Å²) >= 11 is 0. The molecule has 1 aromatic rings. The summed E-state index contributed by atoms with van der Waals surface area (Å²) in [5.41, 5.74) is 0. The molecule has 0 bridgehead atoms. The molecule has 0 radical (unpaired) electrons. The number of hydrogen-bond donors (Lipinski definition) is 5. The first-order valence-corrected chi connectivity index (χ1v) is 5.18. The first-order valence-electron chi connectivity index (χ1n) is 5.18. The van der Waals surface area contributed by atoms with E-state index >= 15 is 0 Å². The zero-order chi connectivity index (χ0) is 13.9. The van der Waals surface area contributed by atoms with E-state index in [1.54, 1.807) is 0 Å². The summed E-state index contributed by atoms with van der Waals surface area (Å²) in [6.45, 7) is 0.433. The highest BCUT2D eigenvalue weighted by Crippen LogP contribution is 2.21. The van der Waals surface area contributed by atoms with Crippen LogP contribution in [0.15, 0.2) is 10.6 Å². The van der Waals surface area contributed by atoms with Gasteiger partial charge in [0.25, 0.3) is 5.89 Å². The van der Waals surface area contributed by atoms with Crippen LogP contribution in [-0.2, 0) is 0 Å². The number of ketones is 1. The molecular weight excluding hydrogens is 246 g/mol. The minimum absolute atomic E-state index is 0.225. The fourth-order valence-electron chi connectivity index (χ4n) is 1.28. The number of carbonyl (C=O) groups excluding carboxylic acids is 1. The molecule has 8 heteroatoms. The molecule has 0 aliphatic rings. The van der Waals surface area contributed by atoms with E-state index in [9.17, 15) is 20.1 Å². The maximum atomic E-state index is 10.9. The molecule has 0 saturated heterocycles. The minimum atomic E-state index is -1.79. The lowest BCUT2D eigenvalue weighted by Gasteiger charge is -2.24. The Hall–Kier alpha value is -1.32. The van der Waals surface area contributed by atoms with Gasteiger partial charge in [0.15, 0.2) is 5.76 Å². The lowest BCUT2D eigenvalue weighted by atomic mass is 10.0. The molecule has 0 aliphatic heterocycles. The molecule has 0 spiro atoms. The molecule has 0 aromatic carbocycles. The average Bonchev–Trinajstić information content (AvgIpc) is 2.84. The SMILES string of the molecule is CC(=O)c1ncc(C(O)C(O)C(O)C(O)CO)o1. The molecule has 0 aliphatic carbocycles. The van der Waals surface area contributed by atoms with Crippen LogP contribution in [-0.4, -0.2) is 61.2 Å². The van der Waals surface area contributed by atoms with Crippen LogP contribution in [0.3, 0.4) is 0 Å². The van der Waals surface area contributed by atoms with Gasteiger partial charge in [-0.3, -0.25) is 4.79 Å². The lowest BCUT2D eigenvalue weighted by molar-refractivity contribution is -0.120. The van der Waals surface area contributed by atoms with Crippen LogP contribution in [0.25, 0.3) is 0 Å². The molecule has 102 valence electrons. The first-order chi connectivity index (χ1) is 8.38. The van der Waals surface area contributed by atoms with Gasteiger partial charge in [-0.2, -0.15) is 0 Å². The monoisotopic (exact) mass is 261 g/mol. The van der Waals surface area contributed by atoms with Crippen molar-refractivity contribution < 1.29 is 34.7 Å². The molecule has 0 fully saturated rings. The number of hydrogen-bond acceptors (Lipinski definition) is 8.